The van der Waals surface area contributed by atoms with Gasteiger partial charge in [0, 0.05) is 31.2 Å². The summed E-state index contributed by atoms with van der Waals surface area (Å²) >= 11 is 0. The highest BCUT2D eigenvalue weighted by molar-refractivity contribution is 5.67. The smallest absolute Gasteiger partial charge is 0.151 e. The Kier molecular flexibility index (Phi) is 3.40. The summed E-state index contributed by atoms with van der Waals surface area (Å²) in [5.41, 5.74) is 8.14. The topological polar surface area (TPSA) is 50.3 Å². The Morgan fingerprint density at radius 3 is 2.75 bits per heavy atom. The van der Waals surface area contributed by atoms with Crippen LogP contribution in [0.3, 0.4) is 0 Å². The molecule has 0 bridgehead atoms. The molecule has 5 nitrogen and oxygen atoms in total. The van der Waals surface area contributed by atoms with Crippen molar-refractivity contribution >= 4 is 11.5 Å². The van der Waals surface area contributed by atoms with E-state index in [1.165, 1.54) is 19.4 Å². The molecule has 0 amide bonds. The molecule has 112 valence electrons. The van der Waals surface area contributed by atoms with Gasteiger partial charge in [0.15, 0.2) is 5.82 Å². The molecule has 2 unspecified atom stereocenters. The van der Waals surface area contributed by atoms with E-state index in [0.717, 1.165) is 30.3 Å². The Morgan fingerprint density at radius 1 is 1.30 bits per heavy atom. The molecule has 0 aromatic carbocycles. The summed E-state index contributed by atoms with van der Waals surface area (Å²) in [6.07, 6.45) is 2.65. The van der Waals surface area contributed by atoms with Crippen LogP contribution in [0.25, 0.3) is 0 Å². The molecule has 2 fully saturated rings. The fraction of sp³-hybridized carbons (Fsp3) is 0.800. The van der Waals surface area contributed by atoms with Gasteiger partial charge < -0.3 is 10.6 Å². The van der Waals surface area contributed by atoms with Crippen molar-refractivity contribution < 1.29 is 0 Å². The van der Waals surface area contributed by atoms with Crippen molar-refractivity contribution in [3.63, 3.8) is 0 Å². The minimum Gasteiger partial charge on any atom is -0.394 e. The number of anilines is 2. The third-order valence-electron chi connectivity index (χ3n) is 4.80. The first-order valence-corrected chi connectivity index (χ1v) is 7.84. The van der Waals surface area contributed by atoms with Crippen LogP contribution in [0.5, 0.6) is 0 Å². The van der Waals surface area contributed by atoms with Gasteiger partial charge in [0.25, 0.3) is 0 Å². The van der Waals surface area contributed by atoms with E-state index in [2.05, 4.69) is 40.4 Å². The summed E-state index contributed by atoms with van der Waals surface area (Å²) in [7, 11) is 0. The molecule has 3 heterocycles. The molecule has 2 N–H and O–H groups in total. The van der Waals surface area contributed by atoms with E-state index >= 15 is 0 Å². The molecule has 0 spiro atoms. The van der Waals surface area contributed by atoms with Crippen molar-refractivity contribution in [3.8, 4) is 0 Å². The second-order valence-electron chi connectivity index (χ2n) is 6.65. The predicted molar refractivity (Wildman–Crippen MR) is 83.2 cm³/mol. The lowest BCUT2D eigenvalue weighted by Crippen LogP contribution is -2.55. The lowest BCUT2D eigenvalue weighted by atomic mass is 10.1. The fourth-order valence-electron chi connectivity index (χ4n) is 3.68. The van der Waals surface area contributed by atoms with Crippen LogP contribution >= 0.6 is 0 Å². The molecule has 2 saturated heterocycles. The summed E-state index contributed by atoms with van der Waals surface area (Å²) in [4.78, 5) is 5.13. The van der Waals surface area contributed by atoms with Gasteiger partial charge in [-0.25, -0.2) is 4.68 Å². The minimum atomic E-state index is 0.342. The molecule has 0 aliphatic carbocycles. The number of aryl methyl sites for hydroxylation is 1. The zero-order valence-electron chi connectivity index (χ0n) is 13.1. The van der Waals surface area contributed by atoms with Gasteiger partial charge in [0.1, 0.15) is 0 Å². The van der Waals surface area contributed by atoms with Crippen LogP contribution in [0.2, 0.25) is 0 Å². The number of piperazine rings is 1. The van der Waals surface area contributed by atoms with Crippen molar-refractivity contribution in [1.82, 2.24) is 14.7 Å². The van der Waals surface area contributed by atoms with Crippen LogP contribution in [0.4, 0.5) is 11.5 Å². The van der Waals surface area contributed by atoms with Gasteiger partial charge in [-0.3, -0.25) is 4.90 Å². The lowest BCUT2D eigenvalue weighted by Gasteiger charge is -2.43. The molecular weight excluding hydrogens is 250 g/mol. The van der Waals surface area contributed by atoms with Crippen LogP contribution in [0.1, 0.15) is 45.3 Å². The van der Waals surface area contributed by atoms with Gasteiger partial charge in [-0.15, -0.1) is 0 Å². The number of nitrogen functional groups attached to an aromatic ring is 1. The molecule has 2 aliphatic heterocycles. The number of fused-ring (bicyclic) bond motifs is 1. The Hall–Kier alpha value is -1.23. The normalized spacial score (nSPS) is 27.4. The zero-order valence-corrected chi connectivity index (χ0v) is 13.1. The zero-order chi connectivity index (χ0) is 14.4. The maximum atomic E-state index is 6.33. The summed E-state index contributed by atoms with van der Waals surface area (Å²) in [6, 6.07) is 1.54. The predicted octanol–water partition coefficient (Wildman–Crippen LogP) is 2.03. The fourth-order valence-corrected chi connectivity index (χ4v) is 3.68. The number of nitrogens with zero attached hydrogens (tertiary/aromatic N) is 4. The van der Waals surface area contributed by atoms with E-state index in [-0.39, 0.29) is 0 Å². The van der Waals surface area contributed by atoms with Gasteiger partial charge in [-0.1, -0.05) is 0 Å². The molecule has 1 aromatic rings. The summed E-state index contributed by atoms with van der Waals surface area (Å²) in [5.74, 6) is 1.14. The first-order valence-electron chi connectivity index (χ1n) is 7.84. The molecule has 2 atom stereocenters. The summed E-state index contributed by atoms with van der Waals surface area (Å²) in [6.45, 7) is 12.2. The largest absolute Gasteiger partial charge is 0.394 e. The second-order valence-corrected chi connectivity index (χ2v) is 6.65. The van der Waals surface area contributed by atoms with E-state index in [1.54, 1.807) is 0 Å². The minimum absolute atomic E-state index is 0.342. The summed E-state index contributed by atoms with van der Waals surface area (Å²) < 4.78 is 2.10. The number of hydrogen-bond donors (Lipinski definition) is 1. The second kappa shape index (κ2) is 4.95. The average molecular weight is 277 g/mol. The number of aromatic nitrogens is 2. The number of rotatable bonds is 2. The lowest BCUT2D eigenvalue weighted by molar-refractivity contribution is 0.201. The van der Waals surface area contributed by atoms with Gasteiger partial charge in [-0.2, -0.15) is 5.10 Å². The number of nitrogens with two attached hydrogens (primary N) is 1. The molecule has 20 heavy (non-hydrogen) atoms. The first kappa shape index (κ1) is 13.7. The summed E-state index contributed by atoms with van der Waals surface area (Å²) in [5, 5.41) is 4.64. The Morgan fingerprint density at radius 2 is 2.05 bits per heavy atom. The van der Waals surface area contributed by atoms with Crippen molar-refractivity contribution in [3.05, 3.63) is 5.69 Å². The quantitative estimate of drug-likeness (QED) is 0.898. The van der Waals surface area contributed by atoms with Crippen molar-refractivity contribution in [2.24, 2.45) is 0 Å². The highest BCUT2D eigenvalue weighted by Gasteiger charge is 2.36. The molecule has 1 aromatic heterocycles. The maximum Gasteiger partial charge on any atom is 0.151 e. The standard InChI is InChI=1S/C15H27N5/c1-10(2)20-15(14(16)12(4)17-20)19-9-13-6-5-7-18(13)8-11(19)3/h10-11,13H,5-9,16H2,1-4H3. The monoisotopic (exact) mass is 277 g/mol. The van der Waals surface area contributed by atoms with Crippen molar-refractivity contribution in [2.45, 2.75) is 58.7 Å². The van der Waals surface area contributed by atoms with E-state index in [0.29, 0.717) is 18.1 Å². The molecule has 0 radical (unpaired) electrons. The van der Waals surface area contributed by atoms with Crippen LogP contribution in [-0.4, -0.2) is 46.4 Å². The Balaban J connectivity index is 1.95. The Bertz CT molecular complexity index is 493. The van der Waals surface area contributed by atoms with Gasteiger partial charge >= 0.3 is 0 Å². The van der Waals surface area contributed by atoms with Crippen LogP contribution in [0.15, 0.2) is 0 Å². The number of hydrogen-bond acceptors (Lipinski definition) is 4. The molecule has 2 aliphatic rings. The average Bonchev–Trinajstić information content (AvgIpc) is 2.94. The van der Waals surface area contributed by atoms with E-state index in [1.807, 2.05) is 6.92 Å². The molecule has 5 heteroatoms. The van der Waals surface area contributed by atoms with Crippen LogP contribution in [0, 0.1) is 6.92 Å². The van der Waals surface area contributed by atoms with Crippen molar-refractivity contribution in [1.29, 1.82) is 0 Å². The van der Waals surface area contributed by atoms with Gasteiger partial charge in [-0.05, 0) is 47.1 Å². The molecular formula is C15H27N5. The van der Waals surface area contributed by atoms with E-state index in [9.17, 15) is 0 Å². The first-order chi connectivity index (χ1) is 9.49. The van der Waals surface area contributed by atoms with Crippen LogP contribution in [-0.2, 0) is 0 Å². The highest BCUT2D eigenvalue weighted by atomic mass is 15.4. The maximum absolute atomic E-state index is 6.33. The van der Waals surface area contributed by atoms with Gasteiger partial charge in [0.2, 0.25) is 0 Å². The van der Waals surface area contributed by atoms with E-state index in [4.69, 9.17) is 5.73 Å². The highest BCUT2D eigenvalue weighted by Crippen LogP contribution is 2.34. The third-order valence-corrected chi connectivity index (χ3v) is 4.80. The van der Waals surface area contributed by atoms with Crippen molar-refractivity contribution in [2.75, 3.05) is 30.3 Å². The third kappa shape index (κ3) is 2.08. The molecule has 3 rings (SSSR count). The van der Waals surface area contributed by atoms with E-state index < -0.39 is 0 Å². The Labute approximate surface area is 121 Å². The van der Waals surface area contributed by atoms with Crippen LogP contribution < -0.4 is 10.6 Å². The molecule has 0 saturated carbocycles. The SMILES string of the molecule is Cc1nn(C(C)C)c(N2CC3CCCN3CC2C)c1N. The van der Waals surface area contributed by atoms with Gasteiger partial charge in [0.05, 0.1) is 11.4 Å².